The number of fused-ring (bicyclic) bond motifs is 1. The average molecular weight is 457 g/mol. The maximum absolute atomic E-state index is 12.4. The van der Waals surface area contributed by atoms with Gasteiger partial charge in [0.05, 0.1) is 18.7 Å². The van der Waals surface area contributed by atoms with Crippen molar-refractivity contribution >= 4 is 22.9 Å². The van der Waals surface area contributed by atoms with E-state index in [4.69, 9.17) is 4.99 Å². The summed E-state index contributed by atoms with van der Waals surface area (Å²) in [6.07, 6.45) is 7.56. The molecule has 1 aliphatic rings. The third kappa shape index (κ3) is 5.74. The quantitative estimate of drug-likeness (QED) is 0.383. The maximum atomic E-state index is 12.4. The fraction of sp³-hybridized carbons (Fsp3) is 0.400. The molecule has 3 aromatic carbocycles. The van der Waals surface area contributed by atoms with Gasteiger partial charge < -0.3 is 10.4 Å². The number of rotatable bonds is 8. The Hall–Kier alpha value is -2.98. The molecular formula is C30H36N2O2. The lowest BCUT2D eigenvalue weighted by molar-refractivity contribution is 0.0915. The van der Waals surface area contributed by atoms with E-state index in [-0.39, 0.29) is 24.6 Å². The highest BCUT2D eigenvalue weighted by Gasteiger charge is 2.23. The van der Waals surface area contributed by atoms with E-state index in [9.17, 15) is 9.90 Å². The van der Waals surface area contributed by atoms with Gasteiger partial charge in [-0.15, -0.1) is 0 Å². The predicted octanol–water partition coefficient (Wildman–Crippen LogP) is 6.45. The second-order valence-corrected chi connectivity index (χ2v) is 9.55. The van der Waals surface area contributed by atoms with E-state index < -0.39 is 0 Å². The number of nitrogens with one attached hydrogen (secondary N) is 1. The highest BCUT2D eigenvalue weighted by atomic mass is 16.3. The molecule has 3 unspecified atom stereocenters. The number of carbonyl (C=O) groups excluding carboxylic acids is 1. The van der Waals surface area contributed by atoms with Gasteiger partial charge in [0.15, 0.2) is 0 Å². The Labute approximate surface area is 203 Å². The monoisotopic (exact) mass is 456 g/mol. The first-order valence-electron chi connectivity index (χ1n) is 12.6. The number of carbonyl (C=O) groups is 1. The molecule has 0 aliphatic heterocycles. The molecule has 0 heterocycles. The van der Waals surface area contributed by atoms with Gasteiger partial charge in [0, 0.05) is 11.8 Å². The molecule has 2 N–H and O–H groups in total. The van der Waals surface area contributed by atoms with Gasteiger partial charge in [0.1, 0.15) is 0 Å². The highest BCUT2D eigenvalue weighted by Crippen LogP contribution is 2.36. The summed E-state index contributed by atoms with van der Waals surface area (Å²) < 4.78 is 0. The summed E-state index contributed by atoms with van der Waals surface area (Å²) in [5, 5.41) is 14.8. The first-order valence-corrected chi connectivity index (χ1v) is 12.6. The Morgan fingerprint density at radius 3 is 2.62 bits per heavy atom. The summed E-state index contributed by atoms with van der Waals surface area (Å²) in [7, 11) is 0. The SMILES string of the molecule is CC[C@@H](CO)NC(=O)c1ccc(C2CCCC(C=NC(C)c3cccc4ccccc34)C2)cc1. The number of benzene rings is 3. The first-order chi connectivity index (χ1) is 16.6. The van der Waals surface area contributed by atoms with Crippen LogP contribution in [0.4, 0.5) is 0 Å². The molecule has 0 radical (unpaired) electrons. The van der Waals surface area contributed by atoms with Crippen LogP contribution in [0.15, 0.2) is 71.7 Å². The van der Waals surface area contributed by atoms with E-state index >= 15 is 0 Å². The number of aliphatic hydroxyl groups is 1. The molecule has 0 aromatic heterocycles. The van der Waals surface area contributed by atoms with Crippen molar-refractivity contribution < 1.29 is 9.90 Å². The summed E-state index contributed by atoms with van der Waals surface area (Å²) in [6.45, 7) is 4.10. The fourth-order valence-electron chi connectivity index (χ4n) is 5.06. The van der Waals surface area contributed by atoms with Crippen LogP contribution in [0, 0.1) is 5.92 Å². The first kappa shape index (κ1) is 24.2. The Bertz CT molecular complexity index is 1110. The zero-order valence-electron chi connectivity index (χ0n) is 20.3. The van der Waals surface area contributed by atoms with Crippen molar-refractivity contribution in [2.24, 2.45) is 10.9 Å². The molecule has 178 valence electrons. The number of amides is 1. The van der Waals surface area contributed by atoms with Crippen LogP contribution in [0.3, 0.4) is 0 Å². The number of aliphatic hydroxyl groups excluding tert-OH is 1. The Balaban J connectivity index is 1.39. The van der Waals surface area contributed by atoms with Crippen LogP contribution in [0.25, 0.3) is 10.8 Å². The minimum Gasteiger partial charge on any atom is -0.394 e. The van der Waals surface area contributed by atoms with Gasteiger partial charge in [0.2, 0.25) is 0 Å². The second-order valence-electron chi connectivity index (χ2n) is 9.55. The van der Waals surface area contributed by atoms with E-state index in [0.29, 0.717) is 23.8 Å². The molecule has 1 amide bonds. The smallest absolute Gasteiger partial charge is 0.251 e. The van der Waals surface area contributed by atoms with Crippen molar-refractivity contribution in [3.05, 3.63) is 83.4 Å². The predicted molar refractivity (Wildman–Crippen MR) is 141 cm³/mol. The van der Waals surface area contributed by atoms with Crippen molar-refractivity contribution in [1.29, 1.82) is 0 Å². The Morgan fingerprint density at radius 1 is 1.09 bits per heavy atom. The molecule has 4 atom stereocenters. The maximum Gasteiger partial charge on any atom is 0.251 e. The topological polar surface area (TPSA) is 61.7 Å². The van der Waals surface area contributed by atoms with Crippen LogP contribution < -0.4 is 5.32 Å². The van der Waals surface area contributed by atoms with Crippen molar-refractivity contribution in [3.63, 3.8) is 0 Å². The molecule has 4 rings (SSSR count). The Morgan fingerprint density at radius 2 is 1.85 bits per heavy atom. The van der Waals surface area contributed by atoms with Crippen LogP contribution in [-0.4, -0.2) is 29.9 Å². The lowest BCUT2D eigenvalue weighted by atomic mass is 9.78. The standard InChI is InChI=1S/C30H36N2O2/c1-3-27(20-33)32-30(34)25-16-14-23(15-17-25)26-11-6-8-22(18-26)19-31-21(2)28-13-7-10-24-9-4-5-12-29(24)28/h4-5,7,9-10,12-17,19,21-22,26-27,33H,3,6,8,11,18,20H2,1-2H3,(H,32,34)/t21?,22?,26?,27-/m0/s1. The van der Waals surface area contributed by atoms with Crippen molar-refractivity contribution in [1.82, 2.24) is 5.32 Å². The molecule has 34 heavy (non-hydrogen) atoms. The van der Waals surface area contributed by atoms with E-state index in [1.807, 2.05) is 19.1 Å². The van der Waals surface area contributed by atoms with Crippen LogP contribution in [0.2, 0.25) is 0 Å². The van der Waals surface area contributed by atoms with Crippen LogP contribution in [-0.2, 0) is 0 Å². The van der Waals surface area contributed by atoms with E-state index in [1.54, 1.807) is 0 Å². The van der Waals surface area contributed by atoms with Crippen LogP contribution >= 0.6 is 0 Å². The highest BCUT2D eigenvalue weighted by molar-refractivity contribution is 5.94. The van der Waals surface area contributed by atoms with E-state index in [0.717, 1.165) is 6.42 Å². The zero-order chi connectivity index (χ0) is 23.9. The molecule has 1 saturated carbocycles. The minimum absolute atomic E-state index is 0.0372. The summed E-state index contributed by atoms with van der Waals surface area (Å²) in [5.74, 6) is 0.855. The third-order valence-electron chi connectivity index (χ3n) is 7.20. The van der Waals surface area contributed by atoms with Gasteiger partial charge in [-0.2, -0.15) is 0 Å². The van der Waals surface area contributed by atoms with Crippen molar-refractivity contribution in [2.45, 2.75) is 64.0 Å². The largest absolute Gasteiger partial charge is 0.394 e. The van der Waals surface area contributed by atoms with E-state index in [1.165, 1.54) is 41.2 Å². The summed E-state index contributed by atoms with van der Waals surface area (Å²) in [4.78, 5) is 17.4. The minimum atomic E-state index is -0.193. The van der Waals surface area contributed by atoms with Gasteiger partial charge in [-0.3, -0.25) is 9.79 Å². The number of aliphatic imine (C=N–C) groups is 1. The number of hydrogen-bond acceptors (Lipinski definition) is 3. The third-order valence-corrected chi connectivity index (χ3v) is 7.20. The molecule has 4 heteroatoms. The molecule has 1 fully saturated rings. The molecular weight excluding hydrogens is 420 g/mol. The van der Waals surface area contributed by atoms with Crippen molar-refractivity contribution in [2.75, 3.05) is 6.61 Å². The number of nitrogens with zero attached hydrogens (tertiary/aromatic N) is 1. The molecule has 0 bridgehead atoms. The molecule has 0 saturated heterocycles. The zero-order valence-corrected chi connectivity index (χ0v) is 20.3. The summed E-state index contributed by atoms with van der Waals surface area (Å²) in [5.41, 5.74) is 3.22. The molecule has 1 aliphatic carbocycles. The fourth-order valence-corrected chi connectivity index (χ4v) is 5.06. The molecule has 0 spiro atoms. The van der Waals surface area contributed by atoms with Gasteiger partial charge in [0.25, 0.3) is 5.91 Å². The van der Waals surface area contributed by atoms with E-state index in [2.05, 4.69) is 73.1 Å². The molecule has 3 aromatic rings. The summed E-state index contributed by atoms with van der Waals surface area (Å²) >= 11 is 0. The van der Waals surface area contributed by atoms with Gasteiger partial charge in [-0.25, -0.2) is 0 Å². The van der Waals surface area contributed by atoms with Gasteiger partial charge >= 0.3 is 0 Å². The van der Waals surface area contributed by atoms with Gasteiger partial charge in [-0.05, 0) is 78.5 Å². The normalized spacial score (nSPS) is 20.3. The van der Waals surface area contributed by atoms with Crippen LogP contribution in [0.1, 0.15) is 79.4 Å². The lowest BCUT2D eigenvalue weighted by Crippen LogP contribution is -2.36. The average Bonchev–Trinajstić information content (AvgIpc) is 2.90. The number of hydrogen-bond donors (Lipinski definition) is 2. The molecule has 4 nitrogen and oxygen atoms in total. The van der Waals surface area contributed by atoms with Gasteiger partial charge in [-0.1, -0.05) is 67.9 Å². The summed E-state index contributed by atoms with van der Waals surface area (Å²) in [6, 6.07) is 22.9. The lowest BCUT2D eigenvalue weighted by Gasteiger charge is -2.27. The second kappa shape index (κ2) is 11.4. The van der Waals surface area contributed by atoms with Crippen molar-refractivity contribution in [3.8, 4) is 0 Å². The Kier molecular flexibility index (Phi) is 8.12. The van der Waals surface area contributed by atoms with Crippen LogP contribution in [0.5, 0.6) is 0 Å².